The van der Waals surface area contributed by atoms with E-state index in [1.54, 1.807) is 0 Å². The van der Waals surface area contributed by atoms with Crippen LogP contribution in [0.15, 0.2) is 42.6 Å². The topological polar surface area (TPSA) is 12.9 Å². The predicted molar refractivity (Wildman–Crippen MR) is 108 cm³/mol. The van der Waals surface area contributed by atoms with Gasteiger partial charge in [-0.2, -0.15) is 0 Å². The lowest BCUT2D eigenvalue weighted by atomic mass is 9.77. The lowest BCUT2D eigenvalue weighted by molar-refractivity contribution is 0.302. The minimum absolute atomic E-state index is 0.548. The van der Waals surface area contributed by atoms with Crippen molar-refractivity contribution < 1.29 is 0 Å². The third-order valence-electron chi connectivity index (χ3n) is 5.76. The molecular formula is C23H30ClN. The summed E-state index contributed by atoms with van der Waals surface area (Å²) in [5.41, 5.74) is 3.86. The zero-order valence-corrected chi connectivity index (χ0v) is 16.1. The van der Waals surface area contributed by atoms with Gasteiger partial charge in [0.25, 0.3) is 0 Å². The number of benzene rings is 1. The average molecular weight is 356 g/mol. The maximum Gasteiger partial charge on any atom is 0.129 e. The van der Waals surface area contributed by atoms with Crippen LogP contribution >= 0.6 is 11.6 Å². The highest BCUT2D eigenvalue weighted by Crippen LogP contribution is 2.38. The molecule has 1 fully saturated rings. The molecule has 0 atom stereocenters. The smallest absolute Gasteiger partial charge is 0.129 e. The number of pyridine rings is 1. The predicted octanol–water partition coefficient (Wildman–Crippen LogP) is 7.65. The molecule has 0 bridgehead atoms. The summed E-state index contributed by atoms with van der Waals surface area (Å²) in [6.07, 6.45) is 14.5. The zero-order valence-electron chi connectivity index (χ0n) is 15.4. The van der Waals surface area contributed by atoms with Gasteiger partial charge in [0.2, 0.25) is 0 Å². The van der Waals surface area contributed by atoms with E-state index in [9.17, 15) is 0 Å². The van der Waals surface area contributed by atoms with Crippen LogP contribution in [0.4, 0.5) is 0 Å². The second kappa shape index (κ2) is 9.38. The Bertz CT molecular complexity index is 624. The number of unbranched alkanes of at least 4 members (excludes halogenated alkanes) is 3. The van der Waals surface area contributed by atoms with E-state index < -0.39 is 0 Å². The molecule has 0 radical (unpaired) electrons. The Morgan fingerprint density at radius 1 is 0.880 bits per heavy atom. The van der Waals surface area contributed by atoms with Gasteiger partial charge < -0.3 is 0 Å². The third kappa shape index (κ3) is 5.31. The van der Waals surface area contributed by atoms with Crippen LogP contribution in [0.3, 0.4) is 0 Å². The van der Waals surface area contributed by atoms with Crippen LogP contribution in [0.25, 0.3) is 11.1 Å². The van der Waals surface area contributed by atoms with Gasteiger partial charge in [0.15, 0.2) is 0 Å². The molecule has 0 N–H and O–H groups in total. The second-order valence-corrected chi connectivity index (χ2v) is 7.95. The zero-order chi connectivity index (χ0) is 17.5. The number of hydrogen-bond acceptors (Lipinski definition) is 1. The molecule has 1 aromatic heterocycles. The fourth-order valence-electron chi connectivity index (χ4n) is 4.14. The molecule has 0 saturated heterocycles. The molecule has 25 heavy (non-hydrogen) atoms. The van der Waals surface area contributed by atoms with Gasteiger partial charge in [0, 0.05) is 11.8 Å². The Hall–Kier alpha value is -1.34. The van der Waals surface area contributed by atoms with Crippen LogP contribution in [0.1, 0.15) is 76.2 Å². The summed E-state index contributed by atoms with van der Waals surface area (Å²) in [4.78, 5) is 4.18. The number of rotatable bonds is 7. The lowest BCUT2D eigenvalue weighted by Gasteiger charge is -2.29. The molecule has 0 spiro atoms. The van der Waals surface area contributed by atoms with Gasteiger partial charge in [-0.3, -0.25) is 0 Å². The normalized spacial score (nSPS) is 20.6. The molecule has 0 unspecified atom stereocenters. The molecule has 3 rings (SSSR count). The fourth-order valence-corrected chi connectivity index (χ4v) is 4.25. The number of hydrogen-bond donors (Lipinski definition) is 0. The van der Waals surface area contributed by atoms with Crippen molar-refractivity contribution in [3.8, 4) is 11.1 Å². The van der Waals surface area contributed by atoms with Crippen LogP contribution < -0.4 is 0 Å². The molecule has 0 aliphatic heterocycles. The van der Waals surface area contributed by atoms with Gasteiger partial charge in [-0.05, 0) is 60.8 Å². The first-order valence-electron chi connectivity index (χ1n) is 9.98. The monoisotopic (exact) mass is 355 g/mol. The largest absolute Gasteiger partial charge is 0.244 e. The van der Waals surface area contributed by atoms with Crippen molar-refractivity contribution >= 4 is 11.6 Å². The van der Waals surface area contributed by atoms with Crippen LogP contribution in [-0.4, -0.2) is 4.98 Å². The summed E-state index contributed by atoms with van der Waals surface area (Å²) in [5, 5.41) is 0.548. The van der Waals surface area contributed by atoms with Gasteiger partial charge in [0.1, 0.15) is 5.15 Å². The average Bonchev–Trinajstić information content (AvgIpc) is 2.67. The van der Waals surface area contributed by atoms with E-state index in [1.165, 1.54) is 68.9 Å². The van der Waals surface area contributed by atoms with Crippen molar-refractivity contribution in [2.24, 2.45) is 5.92 Å². The molecule has 0 amide bonds. The summed E-state index contributed by atoms with van der Waals surface area (Å²) in [5.74, 6) is 1.73. The highest BCUT2D eigenvalue weighted by molar-refractivity contribution is 6.29. The highest BCUT2D eigenvalue weighted by Gasteiger charge is 2.22. The molecule has 134 valence electrons. The highest BCUT2D eigenvalue weighted by atomic mass is 35.5. The molecule has 1 saturated carbocycles. The van der Waals surface area contributed by atoms with Gasteiger partial charge >= 0.3 is 0 Å². The Morgan fingerprint density at radius 3 is 2.24 bits per heavy atom. The minimum atomic E-state index is 0.548. The lowest BCUT2D eigenvalue weighted by Crippen LogP contribution is -2.13. The molecule has 1 aliphatic carbocycles. The van der Waals surface area contributed by atoms with Gasteiger partial charge in [-0.25, -0.2) is 4.98 Å². The van der Waals surface area contributed by atoms with Crippen molar-refractivity contribution in [1.29, 1.82) is 0 Å². The number of halogens is 1. The standard InChI is InChI=1S/C23H30ClN/c1-2-3-4-5-6-18-7-9-19(10-8-18)20-11-13-21(14-12-20)22-15-16-23(24)25-17-22/h11-19H,2-10H2,1H3/t18-,19-. The quantitative estimate of drug-likeness (QED) is 0.367. The van der Waals surface area contributed by atoms with Crippen molar-refractivity contribution in [1.82, 2.24) is 4.98 Å². The first-order valence-corrected chi connectivity index (χ1v) is 10.4. The summed E-state index contributed by atoms with van der Waals surface area (Å²) < 4.78 is 0. The molecule has 1 aromatic carbocycles. The van der Waals surface area contributed by atoms with Crippen LogP contribution in [0.2, 0.25) is 5.15 Å². The summed E-state index contributed by atoms with van der Waals surface area (Å²) >= 11 is 5.87. The summed E-state index contributed by atoms with van der Waals surface area (Å²) in [6, 6.07) is 13.0. The molecule has 1 heterocycles. The molecule has 1 nitrogen and oxygen atoms in total. The second-order valence-electron chi connectivity index (χ2n) is 7.56. The van der Waals surface area contributed by atoms with Gasteiger partial charge in [-0.15, -0.1) is 0 Å². The number of nitrogens with zero attached hydrogens (tertiary/aromatic N) is 1. The third-order valence-corrected chi connectivity index (χ3v) is 5.98. The van der Waals surface area contributed by atoms with Crippen molar-refractivity contribution in [3.63, 3.8) is 0 Å². The summed E-state index contributed by atoms with van der Waals surface area (Å²) in [7, 11) is 0. The van der Waals surface area contributed by atoms with Gasteiger partial charge in [0.05, 0.1) is 0 Å². The first-order chi connectivity index (χ1) is 12.3. The maximum absolute atomic E-state index is 5.87. The Labute approximate surface area is 157 Å². The molecular weight excluding hydrogens is 326 g/mol. The Balaban J connectivity index is 1.51. The fraction of sp³-hybridized carbons (Fsp3) is 0.522. The van der Waals surface area contributed by atoms with E-state index in [0.717, 1.165) is 17.4 Å². The van der Waals surface area contributed by atoms with E-state index in [0.29, 0.717) is 5.15 Å². The molecule has 2 aromatic rings. The Morgan fingerprint density at radius 2 is 1.60 bits per heavy atom. The van der Waals surface area contributed by atoms with E-state index in [4.69, 9.17) is 11.6 Å². The van der Waals surface area contributed by atoms with Crippen LogP contribution in [0, 0.1) is 5.92 Å². The van der Waals surface area contributed by atoms with Crippen molar-refractivity contribution in [2.75, 3.05) is 0 Å². The minimum Gasteiger partial charge on any atom is -0.244 e. The van der Waals surface area contributed by atoms with Gasteiger partial charge in [-0.1, -0.05) is 74.9 Å². The molecule has 2 heteroatoms. The van der Waals surface area contributed by atoms with E-state index in [2.05, 4.69) is 36.2 Å². The van der Waals surface area contributed by atoms with Crippen molar-refractivity contribution in [2.45, 2.75) is 70.6 Å². The SMILES string of the molecule is CCCCCC[C@H]1CC[C@H](c2ccc(-c3ccc(Cl)nc3)cc2)CC1. The number of aromatic nitrogens is 1. The van der Waals surface area contributed by atoms with Crippen LogP contribution in [-0.2, 0) is 0 Å². The van der Waals surface area contributed by atoms with E-state index in [1.807, 2.05) is 18.3 Å². The van der Waals surface area contributed by atoms with Crippen LogP contribution in [0.5, 0.6) is 0 Å². The Kier molecular flexibility index (Phi) is 6.93. The first kappa shape index (κ1) is 18.5. The maximum atomic E-state index is 5.87. The molecule has 1 aliphatic rings. The van der Waals surface area contributed by atoms with Crippen molar-refractivity contribution in [3.05, 3.63) is 53.3 Å². The van der Waals surface area contributed by atoms with E-state index in [-0.39, 0.29) is 0 Å². The van der Waals surface area contributed by atoms with E-state index >= 15 is 0 Å². The summed E-state index contributed by atoms with van der Waals surface area (Å²) in [6.45, 7) is 2.29.